The second-order valence-electron chi connectivity index (χ2n) is 6.51. The average molecular weight is 293 g/mol. The number of carbonyl (C=O) groups is 1. The monoisotopic (exact) mass is 293 g/mol. The van der Waals surface area contributed by atoms with Crippen LogP contribution in [0.1, 0.15) is 45.7 Å². The second-order valence-corrected chi connectivity index (χ2v) is 6.51. The third kappa shape index (κ3) is 6.58. The molecule has 1 unspecified atom stereocenters. The van der Waals surface area contributed by atoms with Crippen molar-refractivity contribution in [2.75, 3.05) is 19.7 Å². The van der Waals surface area contributed by atoms with Crippen molar-refractivity contribution in [2.24, 2.45) is 5.41 Å². The van der Waals surface area contributed by atoms with E-state index in [1.807, 2.05) is 19.1 Å². The Hall–Kier alpha value is -1.62. The van der Waals surface area contributed by atoms with Crippen LogP contribution in [0.3, 0.4) is 0 Å². The Morgan fingerprint density at radius 1 is 1.38 bits per heavy atom. The van der Waals surface area contributed by atoms with Crippen molar-refractivity contribution in [3.05, 3.63) is 30.1 Å². The van der Waals surface area contributed by atoms with Gasteiger partial charge in [-0.1, -0.05) is 20.8 Å². The lowest BCUT2D eigenvalue weighted by atomic mass is 9.96. The minimum Gasteiger partial charge on any atom is -0.396 e. The highest BCUT2D eigenvalue weighted by molar-refractivity contribution is 5.74. The normalized spacial score (nSPS) is 12.8. The molecule has 2 amide bonds. The van der Waals surface area contributed by atoms with Gasteiger partial charge in [0.15, 0.2) is 0 Å². The highest BCUT2D eigenvalue weighted by atomic mass is 16.3. The fraction of sp³-hybridized carbons (Fsp3) is 0.625. The number of aliphatic hydroxyl groups excluding tert-OH is 1. The molecule has 2 N–H and O–H groups in total. The van der Waals surface area contributed by atoms with Crippen LogP contribution in [-0.2, 0) is 0 Å². The smallest absolute Gasteiger partial charge is 0.317 e. The van der Waals surface area contributed by atoms with Gasteiger partial charge in [-0.05, 0) is 36.5 Å². The second kappa shape index (κ2) is 7.98. The molecule has 0 saturated carbocycles. The highest BCUT2D eigenvalue weighted by Gasteiger charge is 2.22. The maximum absolute atomic E-state index is 12.4. The molecule has 0 aliphatic rings. The van der Waals surface area contributed by atoms with Crippen LogP contribution in [0, 0.1) is 5.41 Å². The molecular formula is C16H27N3O2. The van der Waals surface area contributed by atoms with Crippen LogP contribution in [0.5, 0.6) is 0 Å². The van der Waals surface area contributed by atoms with Crippen LogP contribution < -0.4 is 5.32 Å². The summed E-state index contributed by atoms with van der Waals surface area (Å²) in [6.45, 7) is 9.54. The van der Waals surface area contributed by atoms with E-state index in [-0.39, 0.29) is 24.1 Å². The molecule has 1 aromatic rings. The van der Waals surface area contributed by atoms with Crippen LogP contribution in [0.4, 0.5) is 4.79 Å². The first-order valence-corrected chi connectivity index (χ1v) is 7.40. The summed E-state index contributed by atoms with van der Waals surface area (Å²) in [5.74, 6) is 0. The topological polar surface area (TPSA) is 65.5 Å². The molecule has 0 fully saturated rings. The third-order valence-electron chi connectivity index (χ3n) is 3.08. The molecule has 0 aromatic carbocycles. The van der Waals surface area contributed by atoms with Gasteiger partial charge in [-0.3, -0.25) is 4.98 Å². The Labute approximate surface area is 127 Å². The zero-order chi connectivity index (χ0) is 15.9. The van der Waals surface area contributed by atoms with Gasteiger partial charge < -0.3 is 15.3 Å². The number of nitrogens with zero attached hydrogens (tertiary/aromatic N) is 2. The van der Waals surface area contributed by atoms with Gasteiger partial charge in [-0.15, -0.1) is 0 Å². The molecule has 1 atom stereocenters. The van der Waals surface area contributed by atoms with Crippen molar-refractivity contribution >= 4 is 6.03 Å². The Morgan fingerprint density at radius 3 is 2.52 bits per heavy atom. The number of carbonyl (C=O) groups excluding carboxylic acids is 1. The van der Waals surface area contributed by atoms with Gasteiger partial charge in [0.2, 0.25) is 0 Å². The van der Waals surface area contributed by atoms with E-state index >= 15 is 0 Å². The van der Waals surface area contributed by atoms with E-state index in [0.717, 1.165) is 5.56 Å². The Morgan fingerprint density at radius 2 is 2.00 bits per heavy atom. The highest BCUT2D eigenvalue weighted by Crippen LogP contribution is 2.17. The summed E-state index contributed by atoms with van der Waals surface area (Å²) in [6.07, 6.45) is 4.03. The van der Waals surface area contributed by atoms with Crippen LogP contribution in [0.2, 0.25) is 0 Å². The fourth-order valence-corrected chi connectivity index (χ4v) is 2.10. The van der Waals surface area contributed by atoms with Gasteiger partial charge in [-0.25, -0.2) is 4.79 Å². The minimum absolute atomic E-state index is 0.0205. The van der Waals surface area contributed by atoms with Crippen LogP contribution >= 0.6 is 0 Å². The lowest BCUT2D eigenvalue weighted by Gasteiger charge is -2.31. The molecule has 1 rings (SSSR count). The number of amides is 2. The maximum atomic E-state index is 12.4. The molecule has 1 aromatic heterocycles. The zero-order valence-corrected chi connectivity index (χ0v) is 13.5. The molecule has 21 heavy (non-hydrogen) atoms. The molecule has 0 aliphatic carbocycles. The molecule has 0 spiro atoms. The molecule has 1 heterocycles. The first-order chi connectivity index (χ1) is 9.83. The molecule has 0 radical (unpaired) electrons. The maximum Gasteiger partial charge on any atom is 0.317 e. The number of aliphatic hydroxyl groups is 1. The molecule has 0 bridgehead atoms. The summed E-state index contributed by atoms with van der Waals surface area (Å²) in [5.41, 5.74) is 1.04. The van der Waals surface area contributed by atoms with E-state index in [1.165, 1.54) is 0 Å². The van der Waals surface area contributed by atoms with Gasteiger partial charge in [0.05, 0.1) is 6.04 Å². The Balaban J connectivity index is 2.67. The lowest BCUT2D eigenvalue weighted by Crippen LogP contribution is -2.45. The van der Waals surface area contributed by atoms with Gasteiger partial charge in [0, 0.05) is 32.1 Å². The first-order valence-electron chi connectivity index (χ1n) is 7.40. The number of urea groups is 1. The fourth-order valence-electron chi connectivity index (χ4n) is 2.10. The van der Waals surface area contributed by atoms with E-state index < -0.39 is 0 Å². The number of nitrogens with one attached hydrogen (secondary N) is 1. The van der Waals surface area contributed by atoms with Crippen LogP contribution in [0.15, 0.2) is 24.5 Å². The Bertz CT molecular complexity index is 429. The number of hydrogen-bond donors (Lipinski definition) is 2. The summed E-state index contributed by atoms with van der Waals surface area (Å²) in [5, 5.41) is 12.0. The minimum atomic E-state index is -0.0947. The standard InChI is InChI=1S/C16H27N3O2/c1-13(14-6-8-17-9-7-14)18-15(21)19(10-5-11-20)12-16(2,3)4/h6-9,13,20H,5,10-12H2,1-4H3,(H,18,21). The van der Waals surface area contributed by atoms with E-state index in [9.17, 15) is 4.79 Å². The largest absolute Gasteiger partial charge is 0.396 e. The molecule has 0 saturated heterocycles. The number of pyridine rings is 1. The summed E-state index contributed by atoms with van der Waals surface area (Å²) >= 11 is 0. The predicted octanol–water partition coefficient (Wildman–Crippen LogP) is 2.58. The van der Waals surface area contributed by atoms with Gasteiger partial charge >= 0.3 is 6.03 Å². The molecule has 118 valence electrons. The average Bonchev–Trinajstić information content (AvgIpc) is 2.43. The molecule has 5 heteroatoms. The van der Waals surface area contributed by atoms with Crippen molar-refractivity contribution in [3.63, 3.8) is 0 Å². The van der Waals surface area contributed by atoms with Crippen LogP contribution in [0.25, 0.3) is 0 Å². The summed E-state index contributed by atoms with van der Waals surface area (Å²) in [6, 6.07) is 3.62. The lowest BCUT2D eigenvalue weighted by molar-refractivity contribution is 0.162. The van der Waals surface area contributed by atoms with Gasteiger partial charge in [-0.2, -0.15) is 0 Å². The molecule has 5 nitrogen and oxygen atoms in total. The van der Waals surface area contributed by atoms with Crippen molar-refractivity contribution in [2.45, 2.75) is 40.2 Å². The summed E-state index contributed by atoms with van der Waals surface area (Å²) in [7, 11) is 0. The van der Waals surface area contributed by atoms with Gasteiger partial charge in [0.1, 0.15) is 0 Å². The molecule has 0 aliphatic heterocycles. The SMILES string of the molecule is CC(NC(=O)N(CCCO)CC(C)(C)C)c1ccncc1. The third-order valence-corrected chi connectivity index (χ3v) is 3.08. The number of rotatable bonds is 6. The Kier molecular flexibility index (Phi) is 6.62. The van der Waals surface area contributed by atoms with Crippen molar-refractivity contribution in [3.8, 4) is 0 Å². The summed E-state index contributed by atoms with van der Waals surface area (Å²) < 4.78 is 0. The van der Waals surface area contributed by atoms with E-state index in [4.69, 9.17) is 5.11 Å². The van der Waals surface area contributed by atoms with Crippen molar-refractivity contribution in [1.29, 1.82) is 0 Å². The van der Waals surface area contributed by atoms with Crippen molar-refractivity contribution in [1.82, 2.24) is 15.2 Å². The number of aromatic nitrogens is 1. The van der Waals surface area contributed by atoms with Gasteiger partial charge in [0.25, 0.3) is 0 Å². The predicted molar refractivity (Wildman–Crippen MR) is 83.9 cm³/mol. The first kappa shape index (κ1) is 17.4. The van der Waals surface area contributed by atoms with E-state index in [2.05, 4.69) is 31.1 Å². The summed E-state index contributed by atoms with van der Waals surface area (Å²) in [4.78, 5) is 18.2. The van der Waals surface area contributed by atoms with E-state index in [1.54, 1.807) is 17.3 Å². The molecular weight excluding hydrogens is 266 g/mol. The van der Waals surface area contributed by atoms with Crippen molar-refractivity contribution < 1.29 is 9.90 Å². The number of hydrogen-bond acceptors (Lipinski definition) is 3. The zero-order valence-electron chi connectivity index (χ0n) is 13.5. The van der Waals surface area contributed by atoms with E-state index in [0.29, 0.717) is 19.5 Å². The van der Waals surface area contributed by atoms with Crippen LogP contribution in [-0.4, -0.2) is 40.7 Å². The quantitative estimate of drug-likeness (QED) is 0.847.